The van der Waals surface area contributed by atoms with E-state index in [1.807, 2.05) is 18.3 Å². The second-order valence-corrected chi connectivity index (χ2v) is 7.57. The third-order valence-corrected chi connectivity index (χ3v) is 4.70. The smallest absolute Gasteiger partial charge is 0.230 e. The van der Waals surface area contributed by atoms with Crippen molar-refractivity contribution in [1.29, 1.82) is 0 Å². The highest BCUT2D eigenvalue weighted by Gasteiger charge is 2.19. The number of pyridine rings is 1. The van der Waals surface area contributed by atoms with E-state index in [0.717, 1.165) is 11.1 Å². The van der Waals surface area contributed by atoms with E-state index in [-0.39, 0.29) is 11.9 Å². The van der Waals surface area contributed by atoms with E-state index >= 15 is 0 Å². The SMILES string of the molecule is Cc1ccc([C@@H](NC(=O)CSC(C)C)c2cccnc2)c(C)c1. The number of thioether (sulfide) groups is 1. The van der Waals surface area contributed by atoms with Crippen LogP contribution in [0.2, 0.25) is 0 Å². The first kappa shape index (κ1) is 17.5. The van der Waals surface area contributed by atoms with E-state index in [1.165, 1.54) is 11.1 Å². The van der Waals surface area contributed by atoms with Gasteiger partial charge in [0, 0.05) is 12.4 Å². The Morgan fingerprint density at radius 2 is 2.04 bits per heavy atom. The summed E-state index contributed by atoms with van der Waals surface area (Å²) in [4.78, 5) is 16.5. The predicted molar refractivity (Wildman–Crippen MR) is 97.7 cm³/mol. The van der Waals surface area contributed by atoms with Crippen LogP contribution in [-0.4, -0.2) is 21.9 Å². The molecule has 23 heavy (non-hydrogen) atoms. The highest BCUT2D eigenvalue weighted by atomic mass is 32.2. The summed E-state index contributed by atoms with van der Waals surface area (Å²) in [5, 5.41) is 3.61. The lowest BCUT2D eigenvalue weighted by Gasteiger charge is -2.22. The third-order valence-electron chi connectivity index (χ3n) is 3.61. The van der Waals surface area contributed by atoms with E-state index in [1.54, 1.807) is 18.0 Å². The number of nitrogens with zero attached hydrogens (tertiary/aromatic N) is 1. The lowest BCUT2D eigenvalue weighted by Crippen LogP contribution is -2.31. The Labute approximate surface area is 142 Å². The van der Waals surface area contributed by atoms with Crippen LogP contribution < -0.4 is 5.32 Å². The molecule has 1 N–H and O–H groups in total. The number of nitrogens with one attached hydrogen (secondary N) is 1. The molecule has 0 unspecified atom stereocenters. The molecule has 122 valence electrons. The summed E-state index contributed by atoms with van der Waals surface area (Å²) in [6.45, 7) is 8.36. The van der Waals surface area contributed by atoms with Crippen LogP contribution >= 0.6 is 11.8 Å². The van der Waals surface area contributed by atoms with Crippen molar-refractivity contribution in [2.75, 3.05) is 5.75 Å². The van der Waals surface area contributed by atoms with Crippen LogP contribution in [0.25, 0.3) is 0 Å². The van der Waals surface area contributed by atoms with Gasteiger partial charge in [-0.1, -0.05) is 43.7 Å². The Bertz CT molecular complexity index is 656. The van der Waals surface area contributed by atoms with Gasteiger partial charge in [0.05, 0.1) is 11.8 Å². The second-order valence-electron chi connectivity index (χ2n) is 6.01. The van der Waals surface area contributed by atoms with Crippen molar-refractivity contribution in [2.24, 2.45) is 0 Å². The highest BCUT2D eigenvalue weighted by molar-refractivity contribution is 8.00. The van der Waals surface area contributed by atoms with Crippen LogP contribution in [0.15, 0.2) is 42.7 Å². The van der Waals surface area contributed by atoms with E-state index in [2.05, 4.69) is 56.2 Å². The summed E-state index contributed by atoms with van der Waals surface area (Å²) in [6, 6.07) is 10.1. The molecule has 0 radical (unpaired) electrons. The summed E-state index contributed by atoms with van der Waals surface area (Å²) in [6.07, 6.45) is 3.57. The van der Waals surface area contributed by atoms with Crippen molar-refractivity contribution in [3.8, 4) is 0 Å². The van der Waals surface area contributed by atoms with E-state index in [9.17, 15) is 4.79 Å². The fraction of sp³-hybridized carbons (Fsp3) is 0.368. The summed E-state index contributed by atoms with van der Waals surface area (Å²) < 4.78 is 0. The molecule has 2 rings (SSSR count). The Morgan fingerprint density at radius 3 is 2.65 bits per heavy atom. The zero-order valence-electron chi connectivity index (χ0n) is 14.2. The van der Waals surface area contributed by atoms with E-state index < -0.39 is 0 Å². The van der Waals surface area contributed by atoms with Crippen LogP contribution in [0.1, 0.15) is 42.1 Å². The number of carbonyl (C=O) groups is 1. The first-order valence-corrected chi connectivity index (χ1v) is 8.90. The van der Waals surface area contributed by atoms with Gasteiger partial charge in [0.2, 0.25) is 5.91 Å². The van der Waals surface area contributed by atoms with E-state index in [0.29, 0.717) is 11.0 Å². The number of rotatable bonds is 6. The van der Waals surface area contributed by atoms with Crippen molar-refractivity contribution in [2.45, 2.75) is 39.0 Å². The molecule has 0 aliphatic rings. The molecule has 1 aromatic carbocycles. The molecule has 0 aliphatic heterocycles. The molecular weight excluding hydrogens is 304 g/mol. The van der Waals surface area contributed by atoms with Crippen molar-refractivity contribution < 1.29 is 4.79 Å². The van der Waals surface area contributed by atoms with Gasteiger partial charge in [-0.05, 0) is 41.9 Å². The van der Waals surface area contributed by atoms with Gasteiger partial charge in [0.15, 0.2) is 0 Å². The molecule has 1 heterocycles. The molecule has 0 spiro atoms. The van der Waals surface area contributed by atoms with Crippen LogP contribution in [0.5, 0.6) is 0 Å². The standard InChI is InChI=1S/C19H24N2OS/c1-13(2)23-12-18(22)21-19(16-6-5-9-20-11-16)17-8-7-14(3)10-15(17)4/h5-11,13,19H,12H2,1-4H3,(H,21,22)/t19-/m0/s1. The minimum Gasteiger partial charge on any atom is -0.344 e. The van der Waals surface area contributed by atoms with Crippen LogP contribution in [0, 0.1) is 13.8 Å². The topological polar surface area (TPSA) is 42.0 Å². The van der Waals surface area contributed by atoms with Gasteiger partial charge in [-0.25, -0.2) is 0 Å². The molecule has 1 atom stereocenters. The van der Waals surface area contributed by atoms with Crippen molar-refractivity contribution in [3.63, 3.8) is 0 Å². The highest BCUT2D eigenvalue weighted by Crippen LogP contribution is 2.25. The lowest BCUT2D eigenvalue weighted by atomic mass is 9.94. The maximum Gasteiger partial charge on any atom is 0.230 e. The molecule has 4 heteroatoms. The van der Waals surface area contributed by atoms with Gasteiger partial charge >= 0.3 is 0 Å². The van der Waals surface area contributed by atoms with Crippen molar-refractivity contribution >= 4 is 17.7 Å². The maximum absolute atomic E-state index is 12.3. The first-order valence-electron chi connectivity index (χ1n) is 7.85. The number of amides is 1. The largest absolute Gasteiger partial charge is 0.344 e. The molecule has 0 bridgehead atoms. The number of hydrogen-bond acceptors (Lipinski definition) is 3. The number of carbonyl (C=O) groups excluding carboxylic acids is 1. The van der Waals surface area contributed by atoms with Crippen LogP contribution in [0.4, 0.5) is 0 Å². The quantitative estimate of drug-likeness (QED) is 0.870. The van der Waals surface area contributed by atoms with Gasteiger partial charge in [0.25, 0.3) is 0 Å². The Hall–Kier alpha value is -1.81. The Morgan fingerprint density at radius 1 is 1.26 bits per heavy atom. The molecule has 2 aromatic rings. The number of aryl methyl sites for hydroxylation is 2. The second kappa shape index (κ2) is 8.16. The zero-order chi connectivity index (χ0) is 16.8. The number of benzene rings is 1. The average Bonchev–Trinajstić information content (AvgIpc) is 2.52. The first-order chi connectivity index (χ1) is 11.0. The molecule has 0 fully saturated rings. The number of aromatic nitrogens is 1. The van der Waals surface area contributed by atoms with E-state index in [4.69, 9.17) is 0 Å². The Balaban J connectivity index is 2.27. The number of hydrogen-bond donors (Lipinski definition) is 1. The van der Waals surface area contributed by atoms with Gasteiger partial charge in [-0.3, -0.25) is 9.78 Å². The maximum atomic E-state index is 12.3. The molecular formula is C19H24N2OS. The summed E-state index contributed by atoms with van der Waals surface area (Å²) in [5.74, 6) is 0.525. The Kier molecular flexibility index (Phi) is 6.22. The minimum absolute atomic E-state index is 0.0533. The van der Waals surface area contributed by atoms with Crippen molar-refractivity contribution in [3.05, 3.63) is 65.0 Å². The fourth-order valence-electron chi connectivity index (χ4n) is 2.48. The summed E-state index contributed by atoms with van der Waals surface area (Å²) in [7, 11) is 0. The molecule has 1 amide bonds. The molecule has 0 aliphatic carbocycles. The van der Waals surface area contributed by atoms with Gasteiger partial charge in [0.1, 0.15) is 0 Å². The zero-order valence-corrected chi connectivity index (χ0v) is 15.0. The van der Waals surface area contributed by atoms with Gasteiger partial charge in [-0.2, -0.15) is 0 Å². The third kappa shape index (κ3) is 5.10. The van der Waals surface area contributed by atoms with Gasteiger partial charge < -0.3 is 5.32 Å². The minimum atomic E-state index is -0.162. The average molecular weight is 328 g/mol. The molecule has 0 saturated heterocycles. The summed E-state index contributed by atoms with van der Waals surface area (Å²) in [5.41, 5.74) is 4.52. The van der Waals surface area contributed by atoms with Crippen LogP contribution in [0.3, 0.4) is 0 Å². The fourth-order valence-corrected chi connectivity index (χ4v) is 3.05. The van der Waals surface area contributed by atoms with Crippen LogP contribution in [-0.2, 0) is 4.79 Å². The van der Waals surface area contributed by atoms with Gasteiger partial charge in [-0.15, -0.1) is 11.8 Å². The summed E-state index contributed by atoms with van der Waals surface area (Å²) >= 11 is 1.65. The lowest BCUT2D eigenvalue weighted by molar-refractivity contribution is -0.119. The molecule has 3 nitrogen and oxygen atoms in total. The monoisotopic (exact) mass is 328 g/mol. The molecule has 1 aromatic heterocycles. The molecule has 0 saturated carbocycles. The predicted octanol–water partition coefficient (Wildman–Crippen LogP) is 4.05. The normalized spacial score (nSPS) is 12.2. The van der Waals surface area contributed by atoms with Crippen molar-refractivity contribution in [1.82, 2.24) is 10.3 Å².